The summed E-state index contributed by atoms with van der Waals surface area (Å²) < 4.78 is 10.1. The van der Waals surface area contributed by atoms with E-state index in [1.807, 2.05) is 30.3 Å². The third kappa shape index (κ3) is 5.47. The first-order valence-corrected chi connectivity index (χ1v) is 9.88. The average molecular weight is 398 g/mol. The highest BCUT2D eigenvalue weighted by atomic mass is 16.5. The van der Waals surface area contributed by atoms with E-state index in [1.54, 1.807) is 17.9 Å². The monoisotopic (exact) mass is 398 g/mol. The molecule has 1 aliphatic heterocycles. The summed E-state index contributed by atoms with van der Waals surface area (Å²) in [6.07, 6.45) is 3.99. The predicted octanol–water partition coefficient (Wildman–Crippen LogP) is 2.72. The number of likely N-dealkylation sites (tertiary alicyclic amines) is 1. The molecule has 0 unspecified atom stereocenters. The molecule has 154 valence electrons. The topological polar surface area (TPSA) is 80.1 Å². The van der Waals surface area contributed by atoms with Gasteiger partial charge in [0.05, 0.1) is 24.4 Å². The zero-order valence-electron chi connectivity index (χ0n) is 16.6. The minimum absolute atomic E-state index is 0.0248. The molecule has 29 heavy (non-hydrogen) atoms. The number of ether oxygens (including phenoxy) is 1. The molecule has 0 N–H and O–H groups in total. The van der Waals surface area contributed by atoms with Crippen LogP contribution in [0.3, 0.4) is 0 Å². The molecule has 0 bridgehead atoms. The van der Waals surface area contributed by atoms with E-state index in [9.17, 15) is 14.4 Å². The first-order chi connectivity index (χ1) is 14.1. The van der Waals surface area contributed by atoms with Gasteiger partial charge in [-0.25, -0.2) is 0 Å². The number of piperidine rings is 1. The van der Waals surface area contributed by atoms with Crippen molar-refractivity contribution in [2.75, 3.05) is 26.2 Å². The molecule has 0 atom stereocenters. The summed E-state index contributed by atoms with van der Waals surface area (Å²) in [5.74, 6) is -0.732. The van der Waals surface area contributed by atoms with Crippen molar-refractivity contribution in [3.63, 3.8) is 0 Å². The second-order valence-electron chi connectivity index (χ2n) is 7.07. The highest BCUT2D eigenvalue weighted by molar-refractivity contribution is 5.96. The second-order valence-corrected chi connectivity index (χ2v) is 7.07. The van der Waals surface area contributed by atoms with Crippen LogP contribution in [0.5, 0.6) is 0 Å². The summed E-state index contributed by atoms with van der Waals surface area (Å²) in [5, 5.41) is 0. The molecule has 7 nitrogen and oxygen atoms in total. The van der Waals surface area contributed by atoms with Crippen LogP contribution in [-0.4, -0.2) is 53.8 Å². The first-order valence-electron chi connectivity index (χ1n) is 9.88. The van der Waals surface area contributed by atoms with Gasteiger partial charge in [0.2, 0.25) is 5.91 Å². The molecule has 1 aromatic heterocycles. The lowest BCUT2D eigenvalue weighted by Crippen LogP contribution is -2.46. The maximum Gasteiger partial charge on any atom is 0.309 e. The summed E-state index contributed by atoms with van der Waals surface area (Å²) in [6.45, 7) is 3.43. The lowest BCUT2D eigenvalue weighted by molar-refractivity contribution is -0.151. The van der Waals surface area contributed by atoms with Gasteiger partial charge < -0.3 is 19.0 Å². The minimum Gasteiger partial charge on any atom is -0.472 e. The van der Waals surface area contributed by atoms with Gasteiger partial charge in [-0.1, -0.05) is 30.3 Å². The number of rotatable bonds is 7. The van der Waals surface area contributed by atoms with E-state index in [0.717, 1.165) is 5.56 Å². The molecular formula is C22H26N2O5. The van der Waals surface area contributed by atoms with E-state index in [1.165, 1.54) is 17.4 Å². The van der Waals surface area contributed by atoms with Gasteiger partial charge in [-0.2, -0.15) is 0 Å². The van der Waals surface area contributed by atoms with Gasteiger partial charge in [0.15, 0.2) is 0 Å². The van der Waals surface area contributed by atoms with Gasteiger partial charge in [0, 0.05) is 19.6 Å². The number of benzene rings is 1. The Bertz CT molecular complexity index is 811. The summed E-state index contributed by atoms with van der Waals surface area (Å²) in [4.78, 5) is 40.9. The molecule has 2 heterocycles. The van der Waals surface area contributed by atoms with Crippen molar-refractivity contribution in [2.45, 2.75) is 26.3 Å². The lowest BCUT2D eigenvalue weighted by Gasteiger charge is -2.32. The molecule has 1 fully saturated rings. The molecule has 1 aliphatic rings. The highest BCUT2D eigenvalue weighted by Gasteiger charge is 2.30. The van der Waals surface area contributed by atoms with Gasteiger partial charge in [0.25, 0.3) is 5.91 Å². The van der Waals surface area contributed by atoms with Crippen LogP contribution in [0.2, 0.25) is 0 Å². The van der Waals surface area contributed by atoms with E-state index in [2.05, 4.69) is 0 Å². The fourth-order valence-corrected chi connectivity index (χ4v) is 3.46. The number of carbonyl (C=O) groups is 3. The van der Waals surface area contributed by atoms with Crippen LogP contribution >= 0.6 is 0 Å². The van der Waals surface area contributed by atoms with E-state index in [4.69, 9.17) is 9.15 Å². The first kappa shape index (κ1) is 20.6. The zero-order valence-corrected chi connectivity index (χ0v) is 16.6. The molecule has 0 aliphatic carbocycles. The number of furan rings is 1. The van der Waals surface area contributed by atoms with Gasteiger partial charge >= 0.3 is 5.97 Å². The maximum absolute atomic E-state index is 12.9. The minimum atomic E-state index is -0.252. The van der Waals surface area contributed by atoms with Crippen LogP contribution < -0.4 is 0 Å². The number of hydrogen-bond donors (Lipinski definition) is 0. The Hall–Kier alpha value is -3.09. The molecule has 2 aromatic rings. The van der Waals surface area contributed by atoms with Crippen LogP contribution in [0.4, 0.5) is 0 Å². The molecule has 3 rings (SSSR count). The van der Waals surface area contributed by atoms with E-state index in [-0.39, 0.29) is 30.2 Å². The van der Waals surface area contributed by atoms with E-state index in [0.29, 0.717) is 44.6 Å². The van der Waals surface area contributed by atoms with Crippen LogP contribution in [-0.2, 0) is 20.9 Å². The average Bonchev–Trinajstić information content (AvgIpc) is 3.28. The van der Waals surface area contributed by atoms with Crippen molar-refractivity contribution in [3.05, 3.63) is 60.1 Å². The number of amides is 2. The Labute approximate surface area is 170 Å². The van der Waals surface area contributed by atoms with Crippen molar-refractivity contribution in [1.82, 2.24) is 9.80 Å². The predicted molar refractivity (Wildman–Crippen MR) is 106 cm³/mol. The summed E-state index contributed by atoms with van der Waals surface area (Å²) in [6, 6.07) is 11.1. The van der Waals surface area contributed by atoms with Gasteiger partial charge in [-0.3, -0.25) is 14.4 Å². The Morgan fingerprint density at radius 3 is 2.48 bits per heavy atom. The fraction of sp³-hybridized carbons (Fsp3) is 0.409. The van der Waals surface area contributed by atoms with Crippen LogP contribution in [0.25, 0.3) is 0 Å². The summed E-state index contributed by atoms with van der Waals surface area (Å²) in [5.41, 5.74) is 1.35. The standard InChI is InChI=1S/C22H26N2O5/c1-2-29-22(27)18-8-11-23(12-9-18)20(25)15-24(14-17-6-4-3-5-7-17)21(26)19-10-13-28-16-19/h3-7,10,13,16,18H,2,8-9,11-12,14-15H2,1H3. The fourth-order valence-electron chi connectivity index (χ4n) is 3.46. The van der Waals surface area contributed by atoms with Crippen LogP contribution in [0.1, 0.15) is 35.7 Å². The van der Waals surface area contributed by atoms with Crippen molar-refractivity contribution < 1.29 is 23.5 Å². The normalized spacial score (nSPS) is 14.4. The third-order valence-corrected chi connectivity index (χ3v) is 5.07. The molecule has 1 saturated heterocycles. The quantitative estimate of drug-likeness (QED) is 0.670. The van der Waals surface area contributed by atoms with Crippen molar-refractivity contribution in [3.8, 4) is 0 Å². The SMILES string of the molecule is CCOC(=O)C1CCN(C(=O)CN(Cc2ccccc2)C(=O)c2ccoc2)CC1. The smallest absolute Gasteiger partial charge is 0.309 e. The van der Waals surface area contributed by atoms with Crippen molar-refractivity contribution in [2.24, 2.45) is 5.92 Å². The summed E-state index contributed by atoms with van der Waals surface area (Å²) in [7, 11) is 0. The van der Waals surface area contributed by atoms with Gasteiger partial charge in [-0.15, -0.1) is 0 Å². The molecule has 0 saturated carbocycles. The zero-order chi connectivity index (χ0) is 20.6. The van der Waals surface area contributed by atoms with Crippen molar-refractivity contribution in [1.29, 1.82) is 0 Å². The van der Waals surface area contributed by atoms with E-state index < -0.39 is 0 Å². The Kier molecular flexibility index (Phi) is 7.05. The molecule has 2 amide bonds. The van der Waals surface area contributed by atoms with E-state index >= 15 is 0 Å². The Morgan fingerprint density at radius 2 is 1.86 bits per heavy atom. The number of carbonyl (C=O) groups excluding carboxylic acids is 3. The number of esters is 1. The molecule has 7 heteroatoms. The van der Waals surface area contributed by atoms with Crippen LogP contribution in [0.15, 0.2) is 53.3 Å². The van der Waals surface area contributed by atoms with Crippen LogP contribution in [0, 0.1) is 5.92 Å². The summed E-state index contributed by atoms with van der Waals surface area (Å²) >= 11 is 0. The van der Waals surface area contributed by atoms with Gasteiger partial charge in [-0.05, 0) is 31.4 Å². The van der Waals surface area contributed by atoms with Gasteiger partial charge in [0.1, 0.15) is 12.8 Å². The Balaban J connectivity index is 1.63. The molecular weight excluding hydrogens is 372 g/mol. The molecule has 0 radical (unpaired) electrons. The lowest BCUT2D eigenvalue weighted by atomic mass is 9.97. The number of hydrogen-bond acceptors (Lipinski definition) is 5. The third-order valence-electron chi connectivity index (χ3n) is 5.07. The largest absolute Gasteiger partial charge is 0.472 e. The highest BCUT2D eigenvalue weighted by Crippen LogP contribution is 2.19. The van der Waals surface area contributed by atoms with Crippen molar-refractivity contribution >= 4 is 17.8 Å². The Morgan fingerprint density at radius 1 is 1.14 bits per heavy atom. The maximum atomic E-state index is 12.9. The second kappa shape index (κ2) is 9.91. The molecule has 0 spiro atoms. The number of nitrogens with zero attached hydrogens (tertiary/aromatic N) is 2. The molecule has 1 aromatic carbocycles.